The third kappa shape index (κ3) is 1.62. The van der Waals surface area contributed by atoms with Crippen molar-refractivity contribution < 1.29 is 9.90 Å². The van der Waals surface area contributed by atoms with Crippen LogP contribution >= 0.6 is 0 Å². The Bertz CT molecular complexity index is 585. The second-order valence-electron chi connectivity index (χ2n) is 8.79. The predicted octanol–water partition coefficient (Wildman–Crippen LogP) is 4.05. The molecule has 0 aromatic rings. The minimum absolute atomic E-state index is 0.0888. The summed E-state index contributed by atoms with van der Waals surface area (Å²) in [4.78, 5) is 11.7. The van der Waals surface area contributed by atoms with Gasteiger partial charge in [0.1, 0.15) is 0 Å². The van der Waals surface area contributed by atoms with E-state index in [1.165, 1.54) is 31.3 Å². The van der Waals surface area contributed by atoms with Crippen molar-refractivity contribution in [1.82, 2.24) is 0 Å². The number of ketones is 1. The summed E-state index contributed by atoms with van der Waals surface area (Å²) in [7, 11) is 0. The van der Waals surface area contributed by atoms with Gasteiger partial charge in [0.05, 0.1) is 5.60 Å². The number of hydrogen-bond acceptors (Lipinski definition) is 2. The molecule has 6 atom stereocenters. The van der Waals surface area contributed by atoms with Gasteiger partial charge in [0.25, 0.3) is 0 Å². The number of fused-ring (bicyclic) bond motifs is 4. The van der Waals surface area contributed by atoms with Crippen LogP contribution in [0.15, 0.2) is 23.8 Å². The molecule has 0 saturated heterocycles. The van der Waals surface area contributed by atoms with Gasteiger partial charge in [0, 0.05) is 5.41 Å². The highest BCUT2D eigenvalue weighted by Crippen LogP contribution is 2.68. The quantitative estimate of drug-likeness (QED) is 0.733. The molecule has 0 aliphatic heterocycles. The molecule has 0 heterocycles. The van der Waals surface area contributed by atoms with Crippen LogP contribution < -0.4 is 0 Å². The predicted molar refractivity (Wildman–Crippen MR) is 87.2 cm³/mol. The van der Waals surface area contributed by atoms with Crippen LogP contribution in [-0.2, 0) is 4.79 Å². The Balaban J connectivity index is 1.70. The Hall–Kier alpha value is -0.890. The lowest BCUT2D eigenvalue weighted by Crippen LogP contribution is -2.49. The lowest BCUT2D eigenvalue weighted by Gasteiger charge is -2.52. The minimum Gasteiger partial charge on any atom is -0.390 e. The normalized spacial score (nSPS) is 53.5. The summed E-state index contributed by atoms with van der Waals surface area (Å²) in [6.45, 7) is 6.54. The molecule has 3 fully saturated rings. The molecule has 2 nitrogen and oxygen atoms in total. The molecule has 0 radical (unpaired) electrons. The second-order valence-corrected chi connectivity index (χ2v) is 8.79. The van der Waals surface area contributed by atoms with Gasteiger partial charge in [-0.3, -0.25) is 4.79 Å². The van der Waals surface area contributed by atoms with E-state index in [-0.39, 0.29) is 16.6 Å². The zero-order valence-corrected chi connectivity index (χ0v) is 14.1. The number of allylic oxidation sites excluding steroid dienone is 4. The lowest BCUT2D eigenvalue weighted by atomic mass is 9.54. The van der Waals surface area contributed by atoms with Crippen LogP contribution in [0, 0.1) is 28.6 Å². The summed E-state index contributed by atoms with van der Waals surface area (Å²) >= 11 is 0. The van der Waals surface area contributed by atoms with Crippen LogP contribution in [0.5, 0.6) is 0 Å². The zero-order chi connectivity index (χ0) is 15.8. The molecule has 0 aromatic heterocycles. The maximum Gasteiger partial charge on any atom is 0.178 e. The Kier molecular flexibility index (Phi) is 2.90. The standard InChI is InChI=1S/C20H28O2/c1-13-12-14(21)4-10-20(13)11-5-15-16-7-9-19(3,22)18(16,2)8-6-17(15)20/h4,10,12,15-17,22H,5-9,11H2,1-3H3/t15-,16-,17-,18-,19-,20-/m0/s1. The monoisotopic (exact) mass is 300 g/mol. The second kappa shape index (κ2) is 4.35. The van der Waals surface area contributed by atoms with E-state index in [1.54, 1.807) is 6.08 Å². The van der Waals surface area contributed by atoms with E-state index in [9.17, 15) is 9.90 Å². The summed E-state index contributed by atoms with van der Waals surface area (Å²) < 4.78 is 0. The summed E-state index contributed by atoms with van der Waals surface area (Å²) in [6, 6.07) is 0. The van der Waals surface area contributed by atoms with Gasteiger partial charge < -0.3 is 5.11 Å². The molecule has 22 heavy (non-hydrogen) atoms. The summed E-state index contributed by atoms with van der Waals surface area (Å²) in [6.07, 6.45) is 12.8. The van der Waals surface area contributed by atoms with Gasteiger partial charge in [-0.15, -0.1) is 0 Å². The van der Waals surface area contributed by atoms with Crippen molar-refractivity contribution >= 4 is 5.78 Å². The highest BCUT2D eigenvalue weighted by molar-refractivity contribution is 6.01. The Morgan fingerprint density at radius 1 is 1.09 bits per heavy atom. The third-order valence-electron chi connectivity index (χ3n) is 8.19. The first kappa shape index (κ1) is 14.7. The molecular formula is C20H28O2. The molecule has 3 saturated carbocycles. The first-order chi connectivity index (χ1) is 10.3. The highest BCUT2D eigenvalue weighted by Gasteiger charge is 2.63. The van der Waals surface area contributed by atoms with Crippen LogP contribution in [0.25, 0.3) is 0 Å². The van der Waals surface area contributed by atoms with Crippen molar-refractivity contribution in [3.05, 3.63) is 23.8 Å². The van der Waals surface area contributed by atoms with Gasteiger partial charge >= 0.3 is 0 Å². The van der Waals surface area contributed by atoms with Crippen molar-refractivity contribution in [3.63, 3.8) is 0 Å². The van der Waals surface area contributed by atoms with Crippen molar-refractivity contribution in [2.24, 2.45) is 28.6 Å². The summed E-state index contributed by atoms with van der Waals surface area (Å²) in [5.74, 6) is 2.18. The van der Waals surface area contributed by atoms with Gasteiger partial charge in [0.15, 0.2) is 5.78 Å². The third-order valence-corrected chi connectivity index (χ3v) is 8.19. The molecule has 120 valence electrons. The average molecular weight is 300 g/mol. The molecule has 0 bridgehead atoms. The Labute approximate surface area is 133 Å². The minimum atomic E-state index is -0.498. The summed E-state index contributed by atoms with van der Waals surface area (Å²) in [5, 5.41) is 10.9. The molecule has 0 amide bonds. The number of carbonyl (C=O) groups excluding carboxylic acids is 1. The molecule has 4 rings (SSSR count). The number of rotatable bonds is 0. The first-order valence-electron chi connectivity index (χ1n) is 8.95. The van der Waals surface area contributed by atoms with Crippen molar-refractivity contribution in [2.75, 3.05) is 0 Å². The van der Waals surface area contributed by atoms with Gasteiger partial charge in [-0.25, -0.2) is 0 Å². The zero-order valence-electron chi connectivity index (χ0n) is 14.1. The van der Waals surface area contributed by atoms with E-state index in [1.807, 2.05) is 6.08 Å². The molecule has 4 aliphatic carbocycles. The fourth-order valence-electron chi connectivity index (χ4n) is 6.62. The Morgan fingerprint density at radius 2 is 1.82 bits per heavy atom. The highest BCUT2D eigenvalue weighted by atomic mass is 16.3. The van der Waals surface area contributed by atoms with E-state index in [4.69, 9.17) is 0 Å². The van der Waals surface area contributed by atoms with Crippen molar-refractivity contribution in [3.8, 4) is 0 Å². The molecular weight excluding hydrogens is 272 g/mol. The van der Waals surface area contributed by atoms with Crippen LogP contribution in [0.1, 0.15) is 59.3 Å². The van der Waals surface area contributed by atoms with Gasteiger partial charge in [-0.2, -0.15) is 0 Å². The van der Waals surface area contributed by atoms with E-state index >= 15 is 0 Å². The number of hydrogen-bond donors (Lipinski definition) is 1. The molecule has 4 aliphatic rings. The fourth-order valence-corrected chi connectivity index (χ4v) is 6.62. The Morgan fingerprint density at radius 3 is 2.55 bits per heavy atom. The largest absolute Gasteiger partial charge is 0.390 e. The lowest BCUT2D eigenvalue weighted by molar-refractivity contribution is -0.110. The number of carbonyl (C=O) groups is 1. The molecule has 1 spiro atoms. The van der Waals surface area contributed by atoms with Crippen LogP contribution in [0.2, 0.25) is 0 Å². The molecule has 2 heteroatoms. The summed E-state index contributed by atoms with van der Waals surface area (Å²) in [5.41, 5.74) is 1.00. The van der Waals surface area contributed by atoms with Crippen molar-refractivity contribution in [1.29, 1.82) is 0 Å². The smallest absolute Gasteiger partial charge is 0.178 e. The molecule has 0 aromatic carbocycles. The SMILES string of the molecule is CC1=CC(=O)C=C[C@]12CC[C@@H]1[C@@H]2CC[C@@]2(C)[C@H]1CC[C@]2(C)O. The average Bonchev–Trinajstić information content (AvgIpc) is 2.92. The van der Waals surface area contributed by atoms with Crippen LogP contribution in [0.3, 0.4) is 0 Å². The maximum absolute atomic E-state index is 11.7. The van der Waals surface area contributed by atoms with Crippen molar-refractivity contribution in [2.45, 2.75) is 64.9 Å². The topological polar surface area (TPSA) is 37.3 Å². The maximum atomic E-state index is 11.7. The fraction of sp³-hybridized carbons (Fsp3) is 0.750. The molecule has 0 unspecified atom stereocenters. The van der Waals surface area contributed by atoms with Crippen LogP contribution in [0.4, 0.5) is 0 Å². The van der Waals surface area contributed by atoms with Gasteiger partial charge in [0.2, 0.25) is 0 Å². The van der Waals surface area contributed by atoms with Crippen LogP contribution in [-0.4, -0.2) is 16.5 Å². The van der Waals surface area contributed by atoms with Gasteiger partial charge in [-0.05, 0) is 87.7 Å². The van der Waals surface area contributed by atoms with Gasteiger partial charge in [-0.1, -0.05) is 18.6 Å². The first-order valence-corrected chi connectivity index (χ1v) is 8.95. The van der Waals surface area contributed by atoms with E-state index in [0.717, 1.165) is 12.8 Å². The van der Waals surface area contributed by atoms with E-state index in [2.05, 4.69) is 26.8 Å². The van der Waals surface area contributed by atoms with E-state index < -0.39 is 5.60 Å². The molecule has 1 N–H and O–H groups in total. The number of aliphatic hydroxyl groups is 1. The van der Waals surface area contributed by atoms with E-state index in [0.29, 0.717) is 17.8 Å².